The lowest BCUT2D eigenvalue weighted by atomic mass is 10.1. The van der Waals surface area contributed by atoms with Crippen molar-refractivity contribution >= 4 is 15.7 Å². The molecule has 21 heavy (non-hydrogen) atoms. The Bertz CT molecular complexity index is 621. The minimum atomic E-state index is -3.81. The summed E-state index contributed by atoms with van der Waals surface area (Å²) in [7, 11) is -3.81. The fourth-order valence-corrected chi connectivity index (χ4v) is 3.83. The second-order valence-corrected chi connectivity index (χ2v) is 6.93. The molecule has 0 radical (unpaired) electrons. The van der Waals surface area contributed by atoms with Crippen molar-refractivity contribution in [2.75, 3.05) is 0 Å². The smallest absolute Gasteiger partial charge is 0.312 e. The number of benzene rings is 1. The summed E-state index contributed by atoms with van der Waals surface area (Å²) in [5, 5.41) is 20.1. The van der Waals surface area contributed by atoms with Crippen molar-refractivity contribution in [3.05, 3.63) is 28.3 Å². The molecule has 2 N–H and O–H groups in total. The van der Waals surface area contributed by atoms with Crippen LogP contribution in [0.5, 0.6) is 5.75 Å². The summed E-state index contributed by atoms with van der Waals surface area (Å²) < 4.78 is 27.2. The molecule has 1 saturated carbocycles. The van der Waals surface area contributed by atoms with Gasteiger partial charge in [-0.05, 0) is 25.0 Å². The van der Waals surface area contributed by atoms with Gasteiger partial charge in [0.1, 0.15) is 0 Å². The van der Waals surface area contributed by atoms with Crippen molar-refractivity contribution in [1.82, 2.24) is 4.72 Å². The summed E-state index contributed by atoms with van der Waals surface area (Å²) in [4.78, 5) is 9.76. The third-order valence-electron chi connectivity index (χ3n) is 3.63. The fourth-order valence-electron chi connectivity index (χ4n) is 2.50. The Balaban J connectivity index is 2.22. The van der Waals surface area contributed by atoms with Crippen LogP contribution in [0.4, 0.5) is 5.69 Å². The lowest BCUT2D eigenvalue weighted by Gasteiger charge is -2.16. The fraction of sp³-hybridized carbons (Fsp3) is 0.538. The second-order valence-electron chi connectivity index (χ2n) is 5.22. The lowest BCUT2D eigenvalue weighted by molar-refractivity contribution is -0.386. The summed E-state index contributed by atoms with van der Waals surface area (Å²) >= 11 is 0. The largest absolute Gasteiger partial charge is 0.502 e. The Kier molecular flexibility index (Phi) is 4.79. The first-order valence-electron chi connectivity index (χ1n) is 6.90. The number of phenolic OH excluding ortho intramolecular Hbond substituents is 1. The molecule has 0 aliphatic heterocycles. The number of nitrogens with zero attached hydrogens (tertiary/aromatic N) is 1. The van der Waals surface area contributed by atoms with Crippen LogP contribution >= 0.6 is 0 Å². The predicted molar refractivity (Wildman–Crippen MR) is 76.6 cm³/mol. The zero-order valence-corrected chi connectivity index (χ0v) is 12.3. The maximum Gasteiger partial charge on any atom is 0.312 e. The van der Waals surface area contributed by atoms with Gasteiger partial charge in [0.2, 0.25) is 10.0 Å². The maximum atomic E-state index is 12.3. The van der Waals surface area contributed by atoms with E-state index in [0.29, 0.717) is 0 Å². The van der Waals surface area contributed by atoms with Gasteiger partial charge in [0.15, 0.2) is 5.75 Å². The standard InChI is InChI=1S/C13H18N2O5S/c16-13-8-7-11(9-12(13)15(17)18)21(19,20)14-10-5-3-1-2-4-6-10/h7-10,14,16H,1-6H2. The molecule has 0 atom stereocenters. The number of rotatable bonds is 4. The van der Waals surface area contributed by atoms with Gasteiger partial charge in [0.05, 0.1) is 9.82 Å². The van der Waals surface area contributed by atoms with Crippen molar-refractivity contribution in [1.29, 1.82) is 0 Å². The van der Waals surface area contributed by atoms with Gasteiger partial charge in [-0.1, -0.05) is 25.7 Å². The summed E-state index contributed by atoms with van der Waals surface area (Å²) in [6.45, 7) is 0. The molecule has 7 nitrogen and oxygen atoms in total. The highest BCUT2D eigenvalue weighted by Crippen LogP contribution is 2.28. The van der Waals surface area contributed by atoms with E-state index in [1.165, 1.54) is 6.07 Å². The predicted octanol–water partition coefficient (Wildman–Crippen LogP) is 2.30. The van der Waals surface area contributed by atoms with Crippen LogP contribution in [0, 0.1) is 10.1 Å². The van der Waals surface area contributed by atoms with Crippen LogP contribution in [0.3, 0.4) is 0 Å². The normalized spacial score (nSPS) is 17.3. The van der Waals surface area contributed by atoms with Gasteiger partial charge < -0.3 is 5.11 Å². The van der Waals surface area contributed by atoms with Crippen molar-refractivity contribution in [2.24, 2.45) is 0 Å². The topological polar surface area (TPSA) is 110 Å². The SMILES string of the molecule is O=[N+]([O-])c1cc(S(=O)(=O)NC2CCCCCC2)ccc1O. The summed E-state index contributed by atoms with van der Waals surface area (Å²) in [6.07, 6.45) is 5.70. The highest BCUT2D eigenvalue weighted by molar-refractivity contribution is 7.89. The van der Waals surface area contributed by atoms with E-state index in [2.05, 4.69) is 4.72 Å². The monoisotopic (exact) mass is 314 g/mol. The van der Waals surface area contributed by atoms with Crippen LogP contribution in [0.1, 0.15) is 38.5 Å². The average Bonchev–Trinajstić information content (AvgIpc) is 2.66. The molecule has 1 aliphatic rings. The van der Waals surface area contributed by atoms with E-state index in [1.807, 2.05) is 0 Å². The molecule has 1 aliphatic carbocycles. The van der Waals surface area contributed by atoms with Gasteiger partial charge in [0.25, 0.3) is 0 Å². The van der Waals surface area contributed by atoms with Crippen LogP contribution in [-0.2, 0) is 10.0 Å². The Labute approximate surface area is 123 Å². The molecule has 116 valence electrons. The van der Waals surface area contributed by atoms with Gasteiger partial charge in [-0.3, -0.25) is 10.1 Å². The Hall–Kier alpha value is -1.67. The number of nitro groups is 1. The van der Waals surface area contributed by atoms with Crippen LogP contribution < -0.4 is 4.72 Å². The van der Waals surface area contributed by atoms with Crippen LogP contribution in [0.15, 0.2) is 23.1 Å². The molecule has 0 aromatic heterocycles. The van der Waals surface area contributed by atoms with E-state index in [-0.39, 0.29) is 10.9 Å². The Morgan fingerprint density at radius 2 is 1.81 bits per heavy atom. The molecular formula is C13H18N2O5S. The van der Waals surface area contributed by atoms with Crippen molar-refractivity contribution in [2.45, 2.75) is 49.5 Å². The molecule has 2 rings (SSSR count). The zero-order chi connectivity index (χ0) is 15.5. The Morgan fingerprint density at radius 3 is 2.38 bits per heavy atom. The molecule has 0 bridgehead atoms. The summed E-state index contributed by atoms with van der Waals surface area (Å²) in [5.41, 5.74) is -0.612. The molecule has 0 amide bonds. The number of phenols is 1. The molecule has 1 fully saturated rings. The quantitative estimate of drug-likeness (QED) is 0.503. The van der Waals surface area contributed by atoms with Crippen LogP contribution in [0.25, 0.3) is 0 Å². The number of hydrogen-bond donors (Lipinski definition) is 2. The molecule has 0 saturated heterocycles. The summed E-state index contributed by atoms with van der Waals surface area (Å²) in [5.74, 6) is -0.548. The first-order valence-corrected chi connectivity index (χ1v) is 8.38. The molecule has 0 unspecified atom stereocenters. The molecule has 8 heteroatoms. The molecular weight excluding hydrogens is 296 g/mol. The minimum Gasteiger partial charge on any atom is -0.502 e. The third-order valence-corrected chi connectivity index (χ3v) is 5.15. The Morgan fingerprint density at radius 1 is 1.19 bits per heavy atom. The second kappa shape index (κ2) is 6.40. The van der Waals surface area contributed by atoms with Gasteiger partial charge in [0, 0.05) is 12.1 Å². The van der Waals surface area contributed by atoms with Gasteiger partial charge in [-0.15, -0.1) is 0 Å². The highest BCUT2D eigenvalue weighted by Gasteiger charge is 2.24. The van der Waals surface area contributed by atoms with Crippen molar-refractivity contribution in [3.63, 3.8) is 0 Å². The number of hydrogen-bond acceptors (Lipinski definition) is 5. The number of nitro benzene ring substituents is 1. The van der Waals surface area contributed by atoms with E-state index >= 15 is 0 Å². The van der Waals surface area contributed by atoms with Gasteiger partial charge in [-0.2, -0.15) is 0 Å². The number of nitrogens with one attached hydrogen (secondary N) is 1. The number of sulfonamides is 1. The van der Waals surface area contributed by atoms with Gasteiger partial charge in [-0.25, -0.2) is 13.1 Å². The van der Waals surface area contributed by atoms with E-state index in [0.717, 1.165) is 50.7 Å². The van der Waals surface area contributed by atoms with E-state index < -0.39 is 26.4 Å². The maximum absolute atomic E-state index is 12.3. The summed E-state index contributed by atoms with van der Waals surface area (Å²) in [6, 6.07) is 2.94. The lowest BCUT2D eigenvalue weighted by Crippen LogP contribution is -2.34. The van der Waals surface area contributed by atoms with Crippen LogP contribution in [-0.4, -0.2) is 24.5 Å². The van der Waals surface area contributed by atoms with Crippen molar-refractivity contribution < 1.29 is 18.4 Å². The first-order chi connectivity index (χ1) is 9.90. The molecule has 1 aromatic rings. The highest BCUT2D eigenvalue weighted by atomic mass is 32.2. The van der Waals surface area contributed by atoms with E-state index in [1.54, 1.807) is 0 Å². The zero-order valence-electron chi connectivity index (χ0n) is 11.5. The molecule has 0 spiro atoms. The molecule has 1 aromatic carbocycles. The van der Waals surface area contributed by atoms with Crippen LogP contribution in [0.2, 0.25) is 0 Å². The first kappa shape index (κ1) is 15.7. The average molecular weight is 314 g/mol. The minimum absolute atomic E-state index is 0.134. The van der Waals surface area contributed by atoms with Gasteiger partial charge >= 0.3 is 5.69 Å². The van der Waals surface area contributed by atoms with E-state index in [9.17, 15) is 23.6 Å². The molecule has 0 heterocycles. The van der Waals surface area contributed by atoms with E-state index in [4.69, 9.17) is 0 Å². The van der Waals surface area contributed by atoms with Crippen molar-refractivity contribution in [3.8, 4) is 5.75 Å². The third kappa shape index (κ3) is 3.92. The number of aromatic hydroxyl groups is 1.